The molecule has 0 radical (unpaired) electrons. The molecule has 0 bridgehead atoms. The molecule has 0 unspecified atom stereocenters. The Morgan fingerprint density at radius 2 is 1.39 bits per heavy atom. The monoisotopic (exact) mass is 487 g/mol. The molecule has 184 valence electrons. The third-order valence-electron chi connectivity index (χ3n) is 4.96. The second-order valence-electron chi connectivity index (χ2n) is 7.27. The number of hydrogen-bond donors (Lipinski definition) is 2. The number of carbonyl (C=O) groups excluding carboxylic acids is 2. The maximum Gasteiger partial charge on any atom is 0.266 e. The van der Waals surface area contributed by atoms with Crippen LogP contribution < -0.4 is 29.6 Å². The van der Waals surface area contributed by atoms with Crippen molar-refractivity contribution in [1.82, 2.24) is 0 Å². The molecule has 0 heterocycles. The van der Waals surface area contributed by atoms with Gasteiger partial charge in [-0.3, -0.25) is 9.59 Å². The minimum Gasteiger partial charge on any atom is -0.495 e. The number of anilines is 2. The smallest absolute Gasteiger partial charge is 0.266 e. The predicted molar refractivity (Wildman–Crippen MR) is 135 cm³/mol. The molecule has 9 heteroatoms. The molecule has 0 aliphatic carbocycles. The van der Waals surface area contributed by atoms with Gasteiger partial charge in [-0.25, -0.2) is 0 Å². The molecule has 0 saturated heterocycles. The SMILES string of the molecule is COc1ccccc1NC(=O)COc1ccc(C=C(C#N)C(=O)Nc2ccccc2OC)cc1OC. The second-order valence-corrected chi connectivity index (χ2v) is 7.27. The van der Waals surface area contributed by atoms with E-state index in [1.807, 2.05) is 6.07 Å². The van der Waals surface area contributed by atoms with Crippen LogP contribution in [0.2, 0.25) is 0 Å². The molecule has 0 aliphatic heterocycles. The van der Waals surface area contributed by atoms with E-state index in [1.165, 1.54) is 27.4 Å². The van der Waals surface area contributed by atoms with Crippen LogP contribution in [0.3, 0.4) is 0 Å². The maximum absolute atomic E-state index is 12.6. The zero-order chi connectivity index (χ0) is 25.9. The van der Waals surface area contributed by atoms with Gasteiger partial charge in [0.05, 0.1) is 32.7 Å². The van der Waals surface area contributed by atoms with E-state index in [-0.39, 0.29) is 18.1 Å². The Morgan fingerprint density at radius 3 is 1.97 bits per heavy atom. The number of amides is 2. The number of nitriles is 1. The van der Waals surface area contributed by atoms with Gasteiger partial charge in [-0.2, -0.15) is 5.26 Å². The molecule has 0 atom stereocenters. The van der Waals surface area contributed by atoms with Crippen LogP contribution in [-0.2, 0) is 9.59 Å². The molecule has 0 aliphatic rings. The van der Waals surface area contributed by atoms with Crippen LogP contribution in [0.1, 0.15) is 5.56 Å². The molecule has 2 N–H and O–H groups in total. The highest BCUT2D eigenvalue weighted by Crippen LogP contribution is 2.30. The van der Waals surface area contributed by atoms with E-state index < -0.39 is 5.91 Å². The topological polar surface area (TPSA) is 119 Å². The second kappa shape index (κ2) is 12.5. The van der Waals surface area contributed by atoms with Gasteiger partial charge in [0.25, 0.3) is 11.8 Å². The fourth-order valence-corrected chi connectivity index (χ4v) is 3.22. The van der Waals surface area contributed by atoms with E-state index in [2.05, 4.69) is 10.6 Å². The molecular formula is C27H25N3O6. The first-order valence-corrected chi connectivity index (χ1v) is 10.8. The number of para-hydroxylation sites is 4. The normalized spacial score (nSPS) is 10.6. The largest absolute Gasteiger partial charge is 0.495 e. The Bertz CT molecular complexity index is 1310. The van der Waals surface area contributed by atoms with Crippen LogP contribution in [0.5, 0.6) is 23.0 Å². The Kier molecular flexibility index (Phi) is 8.89. The van der Waals surface area contributed by atoms with Gasteiger partial charge in [0.1, 0.15) is 23.1 Å². The molecule has 0 spiro atoms. The van der Waals surface area contributed by atoms with Crippen LogP contribution >= 0.6 is 0 Å². The number of methoxy groups -OCH3 is 3. The molecule has 3 aromatic carbocycles. The summed E-state index contributed by atoms with van der Waals surface area (Å²) in [7, 11) is 4.45. The Balaban J connectivity index is 1.70. The number of ether oxygens (including phenoxy) is 4. The van der Waals surface area contributed by atoms with E-state index in [1.54, 1.807) is 66.7 Å². The summed E-state index contributed by atoms with van der Waals surface area (Å²) < 4.78 is 21.4. The van der Waals surface area contributed by atoms with E-state index in [0.717, 1.165) is 0 Å². The van der Waals surface area contributed by atoms with Crippen molar-refractivity contribution in [2.24, 2.45) is 0 Å². The highest BCUT2D eigenvalue weighted by Gasteiger charge is 2.14. The van der Waals surface area contributed by atoms with Gasteiger partial charge in [0.15, 0.2) is 18.1 Å². The quantitative estimate of drug-likeness (QED) is 0.324. The van der Waals surface area contributed by atoms with Gasteiger partial charge >= 0.3 is 0 Å². The molecule has 0 aromatic heterocycles. The fourth-order valence-electron chi connectivity index (χ4n) is 3.22. The van der Waals surface area contributed by atoms with Crippen LogP contribution in [0, 0.1) is 11.3 Å². The van der Waals surface area contributed by atoms with Crippen LogP contribution in [0.15, 0.2) is 72.3 Å². The number of nitrogens with one attached hydrogen (secondary N) is 2. The molecule has 3 rings (SSSR count). The van der Waals surface area contributed by atoms with Crippen molar-refractivity contribution in [2.45, 2.75) is 0 Å². The number of carbonyl (C=O) groups is 2. The minimum absolute atomic E-state index is 0.118. The summed E-state index contributed by atoms with van der Waals surface area (Å²) in [5.74, 6) is 0.682. The Labute approximate surface area is 208 Å². The summed E-state index contributed by atoms with van der Waals surface area (Å²) in [5.41, 5.74) is 1.38. The Hall–Kier alpha value is -4.97. The summed E-state index contributed by atoms with van der Waals surface area (Å²) in [6.07, 6.45) is 1.42. The summed E-state index contributed by atoms with van der Waals surface area (Å²) in [6.45, 7) is -0.269. The third-order valence-corrected chi connectivity index (χ3v) is 4.96. The number of hydrogen-bond acceptors (Lipinski definition) is 7. The summed E-state index contributed by atoms with van der Waals surface area (Å²) in [4.78, 5) is 25.0. The zero-order valence-electron chi connectivity index (χ0n) is 20.0. The van der Waals surface area contributed by atoms with Crippen molar-refractivity contribution < 1.29 is 28.5 Å². The standard InChI is InChI=1S/C27H25N3O6/c1-33-22-10-6-4-8-20(22)29-26(31)17-36-24-13-12-18(15-25(24)35-3)14-19(16-28)27(32)30-21-9-5-7-11-23(21)34-2/h4-15H,17H2,1-3H3,(H,29,31)(H,30,32). The Morgan fingerprint density at radius 1 is 0.806 bits per heavy atom. The van der Waals surface area contributed by atoms with Crippen molar-refractivity contribution in [1.29, 1.82) is 5.26 Å². The molecule has 9 nitrogen and oxygen atoms in total. The van der Waals surface area contributed by atoms with Gasteiger partial charge < -0.3 is 29.6 Å². The van der Waals surface area contributed by atoms with E-state index in [4.69, 9.17) is 18.9 Å². The lowest BCUT2D eigenvalue weighted by atomic mass is 10.1. The van der Waals surface area contributed by atoms with Gasteiger partial charge in [-0.1, -0.05) is 30.3 Å². The molecular weight excluding hydrogens is 462 g/mol. The predicted octanol–water partition coefficient (Wildman–Crippen LogP) is 4.28. The average molecular weight is 488 g/mol. The van der Waals surface area contributed by atoms with Gasteiger partial charge in [-0.15, -0.1) is 0 Å². The summed E-state index contributed by atoms with van der Waals surface area (Å²) in [5, 5.41) is 14.9. The molecule has 3 aromatic rings. The summed E-state index contributed by atoms with van der Waals surface area (Å²) >= 11 is 0. The van der Waals surface area contributed by atoms with Crippen molar-refractivity contribution in [3.63, 3.8) is 0 Å². The molecule has 0 fully saturated rings. The molecule has 0 saturated carbocycles. The third kappa shape index (κ3) is 6.55. The lowest BCUT2D eigenvalue weighted by Crippen LogP contribution is -2.20. The average Bonchev–Trinajstić information content (AvgIpc) is 2.91. The molecule has 2 amide bonds. The fraction of sp³-hybridized carbons (Fsp3) is 0.148. The van der Waals surface area contributed by atoms with Crippen molar-refractivity contribution in [3.8, 4) is 29.1 Å². The summed E-state index contributed by atoms with van der Waals surface area (Å²) in [6, 6.07) is 20.7. The van der Waals surface area contributed by atoms with Crippen molar-refractivity contribution >= 4 is 29.3 Å². The first-order valence-electron chi connectivity index (χ1n) is 10.8. The highest BCUT2D eigenvalue weighted by atomic mass is 16.5. The van der Waals surface area contributed by atoms with E-state index in [0.29, 0.717) is 39.9 Å². The number of nitrogens with zero attached hydrogens (tertiary/aromatic N) is 1. The lowest BCUT2D eigenvalue weighted by Gasteiger charge is -2.13. The van der Waals surface area contributed by atoms with Gasteiger partial charge in [0.2, 0.25) is 0 Å². The van der Waals surface area contributed by atoms with Crippen molar-refractivity contribution in [2.75, 3.05) is 38.6 Å². The lowest BCUT2D eigenvalue weighted by molar-refractivity contribution is -0.118. The maximum atomic E-state index is 12.6. The van der Waals surface area contributed by atoms with Crippen LogP contribution in [-0.4, -0.2) is 39.8 Å². The molecule has 36 heavy (non-hydrogen) atoms. The number of rotatable bonds is 10. The van der Waals surface area contributed by atoms with E-state index >= 15 is 0 Å². The minimum atomic E-state index is -0.589. The van der Waals surface area contributed by atoms with Crippen LogP contribution in [0.4, 0.5) is 11.4 Å². The zero-order valence-corrected chi connectivity index (χ0v) is 20.0. The van der Waals surface area contributed by atoms with Crippen molar-refractivity contribution in [3.05, 3.63) is 77.9 Å². The first-order chi connectivity index (χ1) is 17.5. The van der Waals surface area contributed by atoms with Gasteiger partial charge in [0, 0.05) is 0 Å². The number of benzene rings is 3. The van der Waals surface area contributed by atoms with E-state index in [9.17, 15) is 14.9 Å². The van der Waals surface area contributed by atoms with Gasteiger partial charge in [-0.05, 0) is 48.0 Å². The van der Waals surface area contributed by atoms with Crippen LogP contribution in [0.25, 0.3) is 6.08 Å². The first kappa shape index (κ1) is 25.6. The highest BCUT2D eigenvalue weighted by molar-refractivity contribution is 6.10.